The van der Waals surface area contributed by atoms with E-state index in [9.17, 15) is 14.9 Å². The molecule has 0 aromatic heterocycles. The SMILES string of the molecule is COC(=O)CC(COCc1ccccc1)C[N+](=O)[O-]. The van der Waals surface area contributed by atoms with Crippen molar-refractivity contribution in [1.82, 2.24) is 0 Å². The molecule has 6 nitrogen and oxygen atoms in total. The number of ether oxygens (including phenoxy) is 2. The van der Waals surface area contributed by atoms with Crippen LogP contribution >= 0.6 is 0 Å². The number of hydrogen-bond acceptors (Lipinski definition) is 5. The van der Waals surface area contributed by atoms with Gasteiger partial charge in [-0.2, -0.15) is 0 Å². The zero-order chi connectivity index (χ0) is 14.1. The summed E-state index contributed by atoms with van der Waals surface area (Å²) in [5.74, 6) is -0.929. The molecule has 0 spiro atoms. The Morgan fingerprint density at radius 3 is 2.63 bits per heavy atom. The molecule has 104 valence electrons. The first-order valence-corrected chi connectivity index (χ1v) is 5.92. The third-order valence-corrected chi connectivity index (χ3v) is 2.56. The molecule has 0 fully saturated rings. The maximum absolute atomic E-state index is 11.1. The molecule has 1 unspecified atom stereocenters. The summed E-state index contributed by atoms with van der Waals surface area (Å²) in [5, 5.41) is 10.5. The summed E-state index contributed by atoms with van der Waals surface area (Å²) < 4.78 is 9.93. The maximum atomic E-state index is 11.1. The predicted molar refractivity (Wildman–Crippen MR) is 68.1 cm³/mol. The summed E-state index contributed by atoms with van der Waals surface area (Å²) in [6.07, 6.45) is -0.00767. The molecule has 19 heavy (non-hydrogen) atoms. The van der Waals surface area contributed by atoms with Crippen molar-refractivity contribution in [3.05, 3.63) is 46.0 Å². The van der Waals surface area contributed by atoms with Gasteiger partial charge in [-0.3, -0.25) is 14.9 Å². The van der Waals surface area contributed by atoms with E-state index in [1.54, 1.807) is 0 Å². The van der Waals surface area contributed by atoms with Crippen LogP contribution in [0.3, 0.4) is 0 Å². The quantitative estimate of drug-likeness (QED) is 0.406. The van der Waals surface area contributed by atoms with Gasteiger partial charge in [-0.15, -0.1) is 0 Å². The summed E-state index contributed by atoms with van der Waals surface area (Å²) in [4.78, 5) is 21.2. The van der Waals surface area contributed by atoms with E-state index in [0.29, 0.717) is 6.61 Å². The van der Waals surface area contributed by atoms with Crippen LogP contribution in [-0.2, 0) is 20.9 Å². The van der Waals surface area contributed by atoms with Gasteiger partial charge >= 0.3 is 5.97 Å². The lowest BCUT2D eigenvalue weighted by Crippen LogP contribution is -2.23. The van der Waals surface area contributed by atoms with Crippen LogP contribution in [0.4, 0.5) is 0 Å². The molecular weight excluding hydrogens is 250 g/mol. The molecule has 1 atom stereocenters. The highest BCUT2D eigenvalue weighted by atomic mass is 16.6. The summed E-state index contributed by atoms with van der Waals surface area (Å²) in [6, 6.07) is 9.49. The average molecular weight is 267 g/mol. The Morgan fingerprint density at radius 1 is 1.37 bits per heavy atom. The lowest BCUT2D eigenvalue weighted by atomic mass is 10.1. The Labute approximate surface area is 111 Å². The lowest BCUT2D eigenvalue weighted by Gasteiger charge is -2.12. The molecule has 1 aromatic rings. The number of carbonyl (C=O) groups is 1. The Morgan fingerprint density at radius 2 is 2.05 bits per heavy atom. The molecular formula is C13H17NO5. The molecule has 0 aliphatic heterocycles. The summed E-state index contributed by atoms with van der Waals surface area (Å²) in [6.45, 7) is 0.227. The van der Waals surface area contributed by atoms with Crippen molar-refractivity contribution >= 4 is 5.97 Å². The molecule has 0 saturated heterocycles. The highest BCUT2D eigenvalue weighted by Gasteiger charge is 2.20. The van der Waals surface area contributed by atoms with Gasteiger partial charge < -0.3 is 9.47 Å². The number of benzene rings is 1. The molecule has 1 aromatic carbocycles. The first-order chi connectivity index (χ1) is 9.11. The van der Waals surface area contributed by atoms with Crippen LogP contribution in [0.1, 0.15) is 12.0 Å². The van der Waals surface area contributed by atoms with E-state index in [1.165, 1.54) is 7.11 Å². The fraction of sp³-hybridized carbons (Fsp3) is 0.462. The molecule has 0 aliphatic carbocycles. The minimum absolute atomic E-state index is 0.00767. The summed E-state index contributed by atoms with van der Waals surface area (Å²) in [5.41, 5.74) is 0.987. The zero-order valence-electron chi connectivity index (χ0n) is 10.8. The Balaban J connectivity index is 2.39. The van der Waals surface area contributed by atoms with Crippen molar-refractivity contribution in [1.29, 1.82) is 0 Å². The van der Waals surface area contributed by atoms with E-state index in [1.807, 2.05) is 30.3 Å². The standard InChI is InChI=1S/C13H17NO5/c1-18-13(15)7-12(8-14(16)17)10-19-9-11-5-3-2-4-6-11/h2-6,12H,7-10H2,1H3. The highest BCUT2D eigenvalue weighted by Crippen LogP contribution is 2.08. The van der Waals surface area contributed by atoms with Crippen LogP contribution in [0.2, 0.25) is 0 Å². The molecule has 0 radical (unpaired) electrons. The normalized spacial score (nSPS) is 11.8. The molecule has 0 aliphatic rings. The Hall–Kier alpha value is -1.95. The molecule has 6 heteroatoms. The summed E-state index contributed by atoms with van der Waals surface area (Å²) >= 11 is 0. The van der Waals surface area contributed by atoms with Gasteiger partial charge in [0.15, 0.2) is 0 Å². The molecule has 0 N–H and O–H groups in total. The van der Waals surface area contributed by atoms with Crippen LogP contribution in [0.25, 0.3) is 0 Å². The van der Waals surface area contributed by atoms with E-state index in [-0.39, 0.29) is 19.6 Å². The van der Waals surface area contributed by atoms with Crippen molar-refractivity contribution in [2.75, 3.05) is 20.3 Å². The number of rotatable bonds is 8. The predicted octanol–water partition coefficient (Wildman–Crippen LogP) is 1.66. The first kappa shape index (κ1) is 15.1. The second-order valence-electron chi connectivity index (χ2n) is 4.16. The van der Waals surface area contributed by atoms with Crippen LogP contribution in [0, 0.1) is 16.0 Å². The fourth-order valence-electron chi connectivity index (χ4n) is 1.62. The first-order valence-electron chi connectivity index (χ1n) is 5.92. The average Bonchev–Trinajstić information content (AvgIpc) is 2.39. The highest BCUT2D eigenvalue weighted by molar-refractivity contribution is 5.69. The Bertz CT molecular complexity index is 407. The number of carbonyl (C=O) groups excluding carboxylic acids is 1. The van der Waals surface area contributed by atoms with Gasteiger partial charge in [0.1, 0.15) is 0 Å². The van der Waals surface area contributed by atoms with Gasteiger partial charge in [-0.25, -0.2) is 0 Å². The van der Waals surface area contributed by atoms with Crippen molar-refractivity contribution < 1.29 is 19.2 Å². The molecule has 0 bridgehead atoms. The van der Waals surface area contributed by atoms with Gasteiger partial charge in [-0.05, 0) is 5.56 Å². The topological polar surface area (TPSA) is 78.7 Å². The minimum atomic E-state index is -0.467. The van der Waals surface area contributed by atoms with E-state index in [4.69, 9.17) is 4.74 Å². The molecule has 0 amide bonds. The van der Waals surface area contributed by atoms with Crippen molar-refractivity contribution in [2.24, 2.45) is 5.92 Å². The van der Waals surface area contributed by atoms with Crippen molar-refractivity contribution in [2.45, 2.75) is 13.0 Å². The van der Waals surface area contributed by atoms with Crippen molar-refractivity contribution in [3.8, 4) is 0 Å². The number of hydrogen-bond donors (Lipinski definition) is 0. The minimum Gasteiger partial charge on any atom is -0.469 e. The van der Waals surface area contributed by atoms with E-state index >= 15 is 0 Å². The molecule has 1 rings (SSSR count). The van der Waals surface area contributed by atoms with Gasteiger partial charge in [0, 0.05) is 4.92 Å². The number of nitro groups is 1. The van der Waals surface area contributed by atoms with Crippen molar-refractivity contribution in [3.63, 3.8) is 0 Å². The van der Waals surface area contributed by atoms with E-state index in [2.05, 4.69) is 4.74 Å². The van der Waals surface area contributed by atoms with Crippen LogP contribution in [0.5, 0.6) is 0 Å². The fourth-order valence-corrected chi connectivity index (χ4v) is 1.62. The van der Waals surface area contributed by atoms with Gasteiger partial charge in [0.25, 0.3) is 0 Å². The zero-order valence-corrected chi connectivity index (χ0v) is 10.8. The van der Waals surface area contributed by atoms with E-state index < -0.39 is 16.8 Å². The second-order valence-corrected chi connectivity index (χ2v) is 4.16. The number of methoxy groups -OCH3 is 1. The maximum Gasteiger partial charge on any atom is 0.306 e. The van der Waals surface area contributed by atoms with Crippen LogP contribution < -0.4 is 0 Å². The molecule has 0 saturated carbocycles. The van der Waals surface area contributed by atoms with Crippen LogP contribution in [0.15, 0.2) is 30.3 Å². The van der Waals surface area contributed by atoms with E-state index in [0.717, 1.165) is 5.56 Å². The third-order valence-electron chi connectivity index (χ3n) is 2.56. The van der Waals surface area contributed by atoms with Crippen LogP contribution in [-0.4, -0.2) is 31.2 Å². The van der Waals surface area contributed by atoms with Gasteiger partial charge in [0.2, 0.25) is 6.54 Å². The molecule has 0 heterocycles. The summed E-state index contributed by atoms with van der Waals surface area (Å²) in [7, 11) is 1.26. The largest absolute Gasteiger partial charge is 0.469 e. The van der Waals surface area contributed by atoms with Gasteiger partial charge in [0.05, 0.1) is 32.7 Å². The van der Waals surface area contributed by atoms with Gasteiger partial charge in [-0.1, -0.05) is 30.3 Å². The Kier molecular flexibility index (Phi) is 6.52. The monoisotopic (exact) mass is 267 g/mol. The number of esters is 1. The third kappa shape index (κ3) is 6.52. The number of nitrogens with zero attached hydrogens (tertiary/aromatic N) is 1. The smallest absolute Gasteiger partial charge is 0.306 e. The second kappa shape index (κ2) is 8.20. The lowest BCUT2D eigenvalue weighted by molar-refractivity contribution is -0.489.